The van der Waals surface area contributed by atoms with Crippen molar-refractivity contribution in [3.63, 3.8) is 0 Å². The molecule has 1 saturated heterocycles. The number of hydrogen-bond acceptors (Lipinski definition) is 5. The molecule has 6 nitrogen and oxygen atoms in total. The number of ether oxygens (including phenoxy) is 1. The Morgan fingerprint density at radius 2 is 1.57 bits per heavy atom. The molecule has 144 valence electrons. The fraction of sp³-hybridized carbons (Fsp3) is 0.455. The van der Waals surface area contributed by atoms with Gasteiger partial charge in [0.15, 0.2) is 12.4 Å². The number of Topliss-reactive ketones (excluding diaryl/α,β-unsaturated/α-hetero) is 1. The van der Waals surface area contributed by atoms with Gasteiger partial charge in [-0.2, -0.15) is 0 Å². The minimum absolute atomic E-state index is 0.126. The average Bonchev–Trinajstić information content (AvgIpc) is 3.48. The van der Waals surface area contributed by atoms with E-state index in [4.69, 9.17) is 4.74 Å². The van der Waals surface area contributed by atoms with Crippen LogP contribution in [0.2, 0.25) is 0 Å². The quantitative estimate of drug-likeness (QED) is 0.337. The summed E-state index contributed by atoms with van der Waals surface area (Å²) in [6.07, 6.45) is 5.28. The fourth-order valence-electron chi connectivity index (χ4n) is 5.32. The van der Waals surface area contributed by atoms with Gasteiger partial charge in [-0.3, -0.25) is 24.1 Å². The van der Waals surface area contributed by atoms with Gasteiger partial charge in [-0.1, -0.05) is 42.0 Å². The van der Waals surface area contributed by atoms with Crippen molar-refractivity contribution in [2.45, 2.75) is 13.3 Å². The van der Waals surface area contributed by atoms with Crippen LogP contribution in [0.3, 0.4) is 0 Å². The van der Waals surface area contributed by atoms with Gasteiger partial charge < -0.3 is 4.74 Å². The normalized spacial score (nSPS) is 34.2. The Hall–Kier alpha value is -2.76. The summed E-state index contributed by atoms with van der Waals surface area (Å²) in [5, 5.41) is 0. The van der Waals surface area contributed by atoms with Crippen molar-refractivity contribution >= 4 is 23.6 Å². The van der Waals surface area contributed by atoms with Gasteiger partial charge in [0.25, 0.3) is 0 Å². The fourth-order valence-corrected chi connectivity index (χ4v) is 5.32. The predicted octanol–water partition coefficient (Wildman–Crippen LogP) is 1.77. The third kappa shape index (κ3) is 2.54. The average molecular weight is 379 g/mol. The number of benzene rings is 1. The number of esters is 1. The number of carbonyl (C=O) groups is 4. The highest BCUT2D eigenvalue weighted by Crippen LogP contribution is 2.65. The molecule has 0 unspecified atom stereocenters. The van der Waals surface area contributed by atoms with Gasteiger partial charge in [0.2, 0.25) is 11.8 Å². The lowest BCUT2D eigenvalue weighted by Crippen LogP contribution is -2.40. The minimum Gasteiger partial charge on any atom is -0.456 e. The number of carbonyl (C=O) groups excluding carboxylic acids is 4. The molecular formula is C22H21NO5. The maximum Gasteiger partial charge on any atom is 0.326 e. The summed E-state index contributed by atoms with van der Waals surface area (Å²) < 4.78 is 5.05. The highest BCUT2D eigenvalue weighted by atomic mass is 16.5. The molecule has 1 aliphatic heterocycles. The molecule has 1 aromatic carbocycles. The third-order valence-corrected chi connectivity index (χ3v) is 6.78. The molecule has 6 heteroatoms. The van der Waals surface area contributed by atoms with Gasteiger partial charge in [-0.25, -0.2) is 0 Å². The summed E-state index contributed by atoms with van der Waals surface area (Å²) in [4.78, 5) is 51.0. The molecule has 1 heterocycles. The van der Waals surface area contributed by atoms with E-state index in [1.165, 1.54) is 0 Å². The van der Waals surface area contributed by atoms with E-state index in [2.05, 4.69) is 12.2 Å². The Morgan fingerprint density at radius 3 is 2.14 bits per heavy atom. The molecule has 2 amide bonds. The monoisotopic (exact) mass is 379 g/mol. The van der Waals surface area contributed by atoms with Crippen LogP contribution in [0.4, 0.5) is 0 Å². The number of imide groups is 1. The molecule has 2 saturated carbocycles. The lowest BCUT2D eigenvalue weighted by molar-refractivity contribution is -0.152. The predicted molar refractivity (Wildman–Crippen MR) is 97.9 cm³/mol. The molecule has 28 heavy (non-hydrogen) atoms. The largest absolute Gasteiger partial charge is 0.456 e. The molecule has 0 spiro atoms. The molecule has 2 bridgehead atoms. The van der Waals surface area contributed by atoms with Crippen molar-refractivity contribution in [1.29, 1.82) is 0 Å². The van der Waals surface area contributed by atoms with Crippen molar-refractivity contribution < 1.29 is 23.9 Å². The lowest BCUT2D eigenvalue weighted by atomic mass is 9.63. The molecule has 4 aliphatic carbocycles. The number of allylic oxidation sites excluding steroid dienone is 2. The van der Waals surface area contributed by atoms with Crippen LogP contribution in [0.5, 0.6) is 0 Å². The number of amides is 2. The van der Waals surface area contributed by atoms with Crippen LogP contribution in [0, 0.1) is 42.4 Å². The minimum atomic E-state index is -0.730. The van der Waals surface area contributed by atoms with Crippen molar-refractivity contribution in [1.82, 2.24) is 4.90 Å². The van der Waals surface area contributed by atoms with Gasteiger partial charge in [-0.05, 0) is 37.0 Å². The van der Waals surface area contributed by atoms with E-state index < -0.39 is 19.1 Å². The van der Waals surface area contributed by atoms with Crippen molar-refractivity contribution in [3.05, 3.63) is 47.5 Å². The molecule has 0 N–H and O–H groups in total. The first kappa shape index (κ1) is 17.3. The van der Waals surface area contributed by atoms with Gasteiger partial charge in [-0.15, -0.1) is 0 Å². The summed E-state index contributed by atoms with van der Waals surface area (Å²) in [5.74, 6) is -0.931. The van der Waals surface area contributed by atoms with Crippen LogP contribution in [0.25, 0.3) is 0 Å². The Kier molecular flexibility index (Phi) is 3.79. The van der Waals surface area contributed by atoms with Crippen molar-refractivity contribution in [2.75, 3.05) is 13.2 Å². The van der Waals surface area contributed by atoms with Crippen LogP contribution in [-0.4, -0.2) is 41.6 Å². The smallest absolute Gasteiger partial charge is 0.326 e. The van der Waals surface area contributed by atoms with Crippen LogP contribution in [0.1, 0.15) is 22.3 Å². The first-order valence-corrected chi connectivity index (χ1v) is 9.75. The maximum absolute atomic E-state index is 12.8. The van der Waals surface area contributed by atoms with E-state index in [-0.39, 0.29) is 41.3 Å². The van der Waals surface area contributed by atoms with Crippen LogP contribution in [0.15, 0.2) is 36.4 Å². The van der Waals surface area contributed by atoms with E-state index in [9.17, 15) is 19.2 Å². The highest BCUT2D eigenvalue weighted by molar-refractivity contribution is 6.08. The number of rotatable bonds is 5. The summed E-state index contributed by atoms with van der Waals surface area (Å²) in [6, 6.07) is 6.98. The Bertz CT molecular complexity index is 881. The van der Waals surface area contributed by atoms with Crippen LogP contribution >= 0.6 is 0 Å². The Labute approximate surface area is 162 Å². The molecule has 3 fully saturated rings. The van der Waals surface area contributed by atoms with Gasteiger partial charge in [0.1, 0.15) is 6.54 Å². The number of likely N-dealkylation sites (tertiary alicyclic amines) is 1. The van der Waals surface area contributed by atoms with Gasteiger partial charge >= 0.3 is 5.97 Å². The number of aryl methyl sites for hydroxylation is 1. The second-order valence-electron chi connectivity index (χ2n) is 8.37. The molecule has 0 radical (unpaired) electrons. The molecule has 0 aromatic heterocycles. The SMILES string of the molecule is Cc1ccc(C(=O)COC(=O)CN2C(=O)[C@@H]3[C@@H]4C=C[C@H]([C@H]5C[C@H]45)[C@@H]3C2=O)cc1. The second-order valence-corrected chi connectivity index (χ2v) is 8.37. The van der Waals surface area contributed by atoms with Crippen molar-refractivity contribution in [2.24, 2.45) is 35.5 Å². The lowest BCUT2D eigenvalue weighted by Gasteiger charge is -2.37. The third-order valence-electron chi connectivity index (χ3n) is 6.78. The summed E-state index contributed by atoms with van der Waals surface area (Å²) in [6.45, 7) is 1.10. The van der Waals surface area contributed by atoms with E-state index in [1.54, 1.807) is 12.1 Å². The molecule has 1 aromatic rings. The summed E-state index contributed by atoms with van der Waals surface area (Å²) in [5.41, 5.74) is 1.49. The zero-order valence-electron chi connectivity index (χ0n) is 15.5. The number of hydrogen-bond donors (Lipinski definition) is 0. The first-order chi connectivity index (χ1) is 13.5. The summed E-state index contributed by atoms with van der Waals surface area (Å²) >= 11 is 0. The molecule has 5 aliphatic rings. The molecular weight excluding hydrogens is 358 g/mol. The van der Waals surface area contributed by atoms with Crippen molar-refractivity contribution in [3.8, 4) is 0 Å². The van der Waals surface area contributed by atoms with E-state index in [0.717, 1.165) is 16.9 Å². The number of nitrogens with zero attached hydrogens (tertiary/aromatic N) is 1. The first-order valence-electron chi connectivity index (χ1n) is 9.75. The van der Waals surface area contributed by atoms with E-state index >= 15 is 0 Å². The highest BCUT2D eigenvalue weighted by Gasteiger charge is 2.67. The topological polar surface area (TPSA) is 80.8 Å². The Balaban J connectivity index is 1.21. The number of ketones is 1. The van der Waals surface area contributed by atoms with Crippen LogP contribution in [-0.2, 0) is 19.1 Å². The zero-order chi connectivity index (χ0) is 19.6. The maximum atomic E-state index is 12.8. The van der Waals surface area contributed by atoms with E-state index in [1.807, 2.05) is 19.1 Å². The molecule has 6 rings (SSSR count). The van der Waals surface area contributed by atoms with E-state index in [0.29, 0.717) is 17.4 Å². The second kappa shape index (κ2) is 6.12. The molecule has 6 atom stereocenters. The van der Waals surface area contributed by atoms with Gasteiger partial charge in [0, 0.05) is 5.56 Å². The van der Waals surface area contributed by atoms with Gasteiger partial charge in [0.05, 0.1) is 11.8 Å². The zero-order valence-corrected chi connectivity index (χ0v) is 15.5. The Morgan fingerprint density at radius 1 is 1.00 bits per heavy atom. The summed E-state index contributed by atoms with van der Waals surface area (Å²) in [7, 11) is 0. The standard InChI is InChI=1S/C22H21NO5/c1-11-2-4-12(5-3-11)17(24)10-28-18(25)9-23-21(26)19-13-6-7-14(16-8-15(13)16)20(19)22(23)27/h2-7,13-16,19-20H,8-10H2,1H3/t13-,14-,15-,16-,19-,20+/m1/s1. The van der Waals surface area contributed by atoms with Crippen LogP contribution < -0.4 is 0 Å².